The first-order valence-electron chi connectivity index (χ1n) is 2.36. The lowest BCUT2D eigenvalue weighted by atomic mass is 10.0. The molecule has 0 radical (unpaired) electrons. The highest BCUT2D eigenvalue weighted by Gasteiger charge is 2.35. The summed E-state index contributed by atoms with van der Waals surface area (Å²) in [5, 5.41) is 16.9. The molecule has 0 rings (SSSR count). The molecule has 0 bridgehead atoms. The molecule has 0 saturated heterocycles. The molecule has 0 unspecified atom stereocenters. The molecule has 4 nitrogen and oxygen atoms in total. The van der Waals surface area contributed by atoms with Gasteiger partial charge in [-0.3, -0.25) is 4.79 Å². The fourth-order valence-corrected chi connectivity index (χ4v) is 0.151. The third-order valence-electron chi connectivity index (χ3n) is 1.10. The Labute approximate surface area is 52.1 Å². The number of carbonyl (C=O) groups is 2. The van der Waals surface area contributed by atoms with Gasteiger partial charge in [-0.1, -0.05) is 0 Å². The van der Waals surface area contributed by atoms with Gasteiger partial charge < -0.3 is 10.2 Å². The lowest BCUT2D eigenvalue weighted by Gasteiger charge is -2.11. The van der Waals surface area contributed by atoms with E-state index >= 15 is 0 Å². The molecule has 0 aromatic rings. The van der Waals surface area contributed by atoms with Gasteiger partial charge in [0.25, 0.3) is 0 Å². The Hall–Kier alpha value is -0.900. The van der Waals surface area contributed by atoms with Gasteiger partial charge in [0.2, 0.25) is 5.60 Å². The second-order valence-corrected chi connectivity index (χ2v) is 1.93. The standard InChI is InChI=1S/C5H8O4/c1-3(6)5(2,9)4(7)8/h9H,1-2H3,(H,7,8)/t5-/m1/s1. The van der Waals surface area contributed by atoms with E-state index in [-0.39, 0.29) is 0 Å². The molecule has 9 heavy (non-hydrogen) atoms. The molecule has 4 heteroatoms. The number of hydrogen-bond donors (Lipinski definition) is 2. The highest BCUT2D eigenvalue weighted by Crippen LogP contribution is 2.03. The molecule has 0 saturated carbocycles. The number of carboxylic acids is 1. The number of carbonyl (C=O) groups excluding carboxylic acids is 1. The number of hydrogen-bond acceptors (Lipinski definition) is 3. The van der Waals surface area contributed by atoms with Gasteiger partial charge in [-0.2, -0.15) is 0 Å². The molecule has 0 heterocycles. The van der Waals surface area contributed by atoms with Gasteiger partial charge in [-0.15, -0.1) is 0 Å². The monoisotopic (exact) mass is 132 g/mol. The lowest BCUT2D eigenvalue weighted by molar-refractivity contribution is -0.162. The van der Waals surface area contributed by atoms with Crippen molar-refractivity contribution in [1.82, 2.24) is 0 Å². The van der Waals surface area contributed by atoms with Crippen LogP contribution in [0.2, 0.25) is 0 Å². The number of aliphatic carboxylic acids is 1. The van der Waals surface area contributed by atoms with Crippen molar-refractivity contribution in [2.45, 2.75) is 19.4 Å². The average molecular weight is 132 g/mol. The van der Waals surface area contributed by atoms with Gasteiger partial charge in [-0.25, -0.2) is 4.79 Å². The van der Waals surface area contributed by atoms with Gasteiger partial charge in [0.1, 0.15) is 0 Å². The summed E-state index contributed by atoms with van der Waals surface area (Å²) in [5.41, 5.74) is -2.22. The summed E-state index contributed by atoms with van der Waals surface area (Å²) in [6, 6.07) is 0. The van der Waals surface area contributed by atoms with Crippen LogP contribution in [0.25, 0.3) is 0 Å². The Morgan fingerprint density at radius 3 is 1.78 bits per heavy atom. The van der Waals surface area contributed by atoms with E-state index in [2.05, 4.69) is 0 Å². The minimum atomic E-state index is -2.22. The van der Waals surface area contributed by atoms with E-state index in [0.717, 1.165) is 13.8 Å². The van der Waals surface area contributed by atoms with Crippen LogP contribution in [0.15, 0.2) is 0 Å². The first-order chi connectivity index (χ1) is 3.89. The third-order valence-corrected chi connectivity index (χ3v) is 1.10. The predicted octanol–water partition coefficient (Wildman–Crippen LogP) is -0.589. The Bertz CT molecular complexity index is 131. The van der Waals surface area contributed by atoms with Crippen molar-refractivity contribution in [2.75, 3.05) is 0 Å². The zero-order chi connectivity index (χ0) is 7.65. The molecule has 2 N–H and O–H groups in total. The van der Waals surface area contributed by atoms with Crippen molar-refractivity contribution < 1.29 is 19.8 Å². The van der Waals surface area contributed by atoms with Gasteiger partial charge in [0.05, 0.1) is 0 Å². The molecule has 0 aromatic heterocycles. The number of Topliss-reactive ketones (excluding diaryl/α,β-unsaturated/α-hetero) is 1. The van der Waals surface area contributed by atoms with E-state index in [1.165, 1.54) is 0 Å². The summed E-state index contributed by atoms with van der Waals surface area (Å²) < 4.78 is 0. The number of carboxylic acid groups (broad SMARTS) is 1. The minimum absolute atomic E-state index is 0.769. The average Bonchev–Trinajstić information content (AvgIpc) is 1.65. The first-order valence-corrected chi connectivity index (χ1v) is 2.36. The molecule has 0 aliphatic rings. The molecular weight excluding hydrogens is 124 g/mol. The highest BCUT2D eigenvalue weighted by molar-refractivity contribution is 6.04. The maximum Gasteiger partial charge on any atom is 0.343 e. The normalized spacial score (nSPS) is 16.3. The number of rotatable bonds is 2. The first kappa shape index (κ1) is 8.10. The van der Waals surface area contributed by atoms with Crippen LogP contribution in [-0.4, -0.2) is 27.6 Å². The van der Waals surface area contributed by atoms with Crippen LogP contribution in [0.5, 0.6) is 0 Å². The van der Waals surface area contributed by atoms with E-state index in [1.807, 2.05) is 0 Å². The Kier molecular flexibility index (Phi) is 1.93. The molecule has 0 spiro atoms. The van der Waals surface area contributed by atoms with Crippen molar-refractivity contribution in [3.05, 3.63) is 0 Å². The maximum absolute atomic E-state index is 10.3. The van der Waals surface area contributed by atoms with Crippen molar-refractivity contribution in [1.29, 1.82) is 0 Å². The molecular formula is C5H8O4. The van der Waals surface area contributed by atoms with Crippen LogP contribution in [-0.2, 0) is 9.59 Å². The maximum atomic E-state index is 10.3. The fraction of sp³-hybridized carbons (Fsp3) is 0.600. The zero-order valence-corrected chi connectivity index (χ0v) is 5.21. The fourth-order valence-electron chi connectivity index (χ4n) is 0.151. The molecule has 0 aliphatic heterocycles. The summed E-state index contributed by atoms with van der Waals surface area (Å²) in [5.74, 6) is -2.29. The molecule has 0 aromatic carbocycles. The summed E-state index contributed by atoms with van der Waals surface area (Å²) in [6.07, 6.45) is 0. The largest absolute Gasteiger partial charge is 0.479 e. The van der Waals surface area contributed by atoms with Crippen LogP contribution in [0.4, 0.5) is 0 Å². The molecule has 52 valence electrons. The summed E-state index contributed by atoms with van der Waals surface area (Å²) in [7, 11) is 0. The topological polar surface area (TPSA) is 74.6 Å². The van der Waals surface area contributed by atoms with E-state index in [1.54, 1.807) is 0 Å². The summed E-state index contributed by atoms with van der Waals surface area (Å²) >= 11 is 0. The SMILES string of the molecule is CC(=O)[C@@](C)(O)C(=O)O. The molecule has 0 aliphatic carbocycles. The number of ketones is 1. The van der Waals surface area contributed by atoms with Crippen molar-refractivity contribution in [2.24, 2.45) is 0 Å². The van der Waals surface area contributed by atoms with Gasteiger partial charge in [0.15, 0.2) is 5.78 Å². The number of aliphatic hydroxyl groups is 1. The van der Waals surface area contributed by atoms with E-state index in [9.17, 15) is 9.59 Å². The third kappa shape index (κ3) is 1.50. The van der Waals surface area contributed by atoms with E-state index < -0.39 is 17.4 Å². The summed E-state index contributed by atoms with van der Waals surface area (Å²) in [4.78, 5) is 20.3. The smallest absolute Gasteiger partial charge is 0.343 e. The van der Waals surface area contributed by atoms with E-state index in [4.69, 9.17) is 10.2 Å². The van der Waals surface area contributed by atoms with Gasteiger partial charge in [-0.05, 0) is 13.8 Å². The quantitative estimate of drug-likeness (QED) is 0.492. The van der Waals surface area contributed by atoms with Gasteiger partial charge in [0, 0.05) is 0 Å². The van der Waals surface area contributed by atoms with Crippen LogP contribution in [0.3, 0.4) is 0 Å². The molecule has 0 amide bonds. The minimum Gasteiger partial charge on any atom is -0.479 e. The zero-order valence-electron chi connectivity index (χ0n) is 5.21. The summed E-state index contributed by atoms with van der Waals surface area (Å²) in [6.45, 7) is 1.96. The Balaban J connectivity index is 4.38. The van der Waals surface area contributed by atoms with E-state index in [0.29, 0.717) is 0 Å². The van der Waals surface area contributed by atoms with Gasteiger partial charge >= 0.3 is 5.97 Å². The predicted molar refractivity (Wildman–Crippen MR) is 28.9 cm³/mol. The Morgan fingerprint density at radius 2 is 1.78 bits per heavy atom. The highest BCUT2D eigenvalue weighted by atomic mass is 16.4. The lowest BCUT2D eigenvalue weighted by Crippen LogP contribution is -2.41. The van der Waals surface area contributed by atoms with Crippen molar-refractivity contribution in [3.63, 3.8) is 0 Å². The second kappa shape index (κ2) is 2.14. The van der Waals surface area contributed by atoms with Crippen LogP contribution in [0.1, 0.15) is 13.8 Å². The van der Waals surface area contributed by atoms with Crippen LogP contribution in [0, 0.1) is 0 Å². The van der Waals surface area contributed by atoms with Crippen molar-refractivity contribution in [3.8, 4) is 0 Å². The Morgan fingerprint density at radius 1 is 1.44 bits per heavy atom. The molecule has 1 atom stereocenters. The van der Waals surface area contributed by atoms with Crippen LogP contribution >= 0.6 is 0 Å². The van der Waals surface area contributed by atoms with Crippen molar-refractivity contribution >= 4 is 11.8 Å². The van der Waals surface area contributed by atoms with Crippen LogP contribution < -0.4 is 0 Å². The molecule has 0 fully saturated rings. The second-order valence-electron chi connectivity index (χ2n) is 1.93.